The molecular weight excluding hydrogens is 266 g/mol. The third-order valence-corrected chi connectivity index (χ3v) is 2.64. The summed E-state index contributed by atoms with van der Waals surface area (Å²) in [5.74, 6) is -0.517. The van der Waals surface area contributed by atoms with Gasteiger partial charge in [-0.2, -0.15) is 0 Å². The number of rotatable bonds is 10. The molecule has 1 aromatic carbocycles. The highest BCUT2D eigenvalue weighted by Gasteiger charge is 2.13. The number of benzene rings is 1. The molecule has 0 atom stereocenters. The fourth-order valence-corrected chi connectivity index (χ4v) is 1.55. The Kier molecular flexibility index (Phi) is 8.40. The molecule has 7 heteroatoms. The van der Waals surface area contributed by atoms with Gasteiger partial charge in [0.05, 0.1) is 19.8 Å². The Labute approximate surface area is 118 Å². The predicted molar refractivity (Wildman–Crippen MR) is 73.2 cm³/mol. The highest BCUT2D eigenvalue weighted by molar-refractivity contribution is 6.58. The molecule has 0 unspecified atom stereocenters. The Morgan fingerprint density at radius 2 is 1.85 bits per heavy atom. The van der Waals surface area contributed by atoms with Crippen LogP contribution in [0.5, 0.6) is 0 Å². The van der Waals surface area contributed by atoms with Crippen LogP contribution in [-0.2, 0) is 20.8 Å². The van der Waals surface area contributed by atoms with Crippen molar-refractivity contribution in [1.82, 2.24) is 0 Å². The van der Waals surface area contributed by atoms with Gasteiger partial charge in [-0.15, -0.1) is 0 Å². The van der Waals surface area contributed by atoms with E-state index in [1.165, 1.54) is 12.1 Å². The summed E-state index contributed by atoms with van der Waals surface area (Å²) in [6.45, 7) is 2.20. The highest BCUT2D eigenvalue weighted by Crippen LogP contribution is 2.06. The summed E-state index contributed by atoms with van der Waals surface area (Å²) in [5.41, 5.74) is 0.488. The van der Waals surface area contributed by atoms with Crippen LogP contribution in [0.3, 0.4) is 0 Å². The maximum Gasteiger partial charge on any atom is 0.488 e. The van der Waals surface area contributed by atoms with Crippen molar-refractivity contribution < 1.29 is 28.6 Å². The average Bonchev–Trinajstić information content (AvgIpc) is 2.43. The normalized spacial score (nSPS) is 10.8. The topological polar surface area (TPSA) is 68.2 Å². The molecule has 0 bridgehead atoms. The van der Waals surface area contributed by atoms with Gasteiger partial charge in [0.1, 0.15) is 5.82 Å². The predicted octanol–water partition coefficient (Wildman–Crippen LogP) is 0.0752. The second kappa shape index (κ2) is 9.85. The lowest BCUT2D eigenvalue weighted by atomic mass is 9.80. The van der Waals surface area contributed by atoms with Gasteiger partial charge in [0.25, 0.3) is 0 Å². The van der Waals surface area contributed by atoms with Gasteiger partial charge in [-0.05, 0) is 17.9 Å². The minimum atomic E-state index is -1.67. The van der Waals surface area contributed by atoms with Gasteiger partial charge in [-0.1, -0.05) is 12.1 Å². The Bertz CT molecular complexity index is 389. The largest absolute Gasteiger partial charge is 0.488 e. The van der Waals surface area contributed by atoms with E-state index in [4.69, 9.17) is 24.3 Å². The fraction of sp³-hybridized carbons (Fsp3) is 0.538. The molecule has 0 aliphatic rings. The summed E-state index contributed by atoms with van der Waals surface area (Å²) >= 11 is 0. The molecular formula is C13H20BFO5. The van der Waals surface area contributed by atoms with Gasteiger partial charge in [0, 0.05) is 25.9 Å². The number of hydrogen-bond acceptors (Lipinski definition) is 5. The molecule has 0 saturated carbocycles. The summed E-state index contributed by atoms with van der Waals surface area (Å²) < 4.78 is 29.0. The molecule has 0 aliphatic heterocycles. The van der Waals surface area contributed by atoms with E-state index in [2.05, 4.69) is 0 Å². The molecule has 112 valence electrons. The van der Waals surface area contributed by atoms with Crippen LogP contribution < -0.4 is 5.46 Å². The maximum atomic E-state index is 13.6. The Morgan fingerprint density at radius 3 is 2.50 bits per heavy atom. The highest BCUT2D eigenvalue weighted by atomic mass is 19.1. The van der Waals surface area contributed by atoms with E-state index in [0.29, 0.717) is 32.0 Å². The first-order valence-electron chi connectivity index (χ1n) is 6.44. The van der Waals surface area contributed by atoms with Crippen LogP contribution in [0.4, 0.5) is 4.39 Å². The quantitative estimate of drug-likeness (QED) is 0.471. The van der Waals surface area contributed by atoms with Crippen LogP contribution in [-0.4, -0.2) is 50.7 Å². The van der Waals surface area contributed by atoms with Gasteiger partial charge < -0.3 is 24.3 Å². The monoisotopic (exact) mass is 286 g/mol. The van der Waals surface area contributed by atoms with Crippen molar-refractivity contribution in [2.45, 2.75) is 13.0 Å². The molecule has 1 aromatic rings. The lowest BCUT2D eigenvalue weighted by Gasteiger charge is -2.08. The Morgan fingerprint density at radius 1 is 1.10 bits per heavy atom. The van der Waals surface area contributed by atoms with E-state index in [-0.39, 0.29) is 12.1 Å². The summed E-state index contributed by atoms with van der Waals surface area (Å²) in [5, 5.41) is 17.8. The minimum Gasteiger partial charge on any atom is -0.423 e. The molecule has 0 spiro atoms. The summed E-state index contributed by atoms with van der Waals surface area (Å²) in [7, 11) is -0.0291. The second-order valence-electron chi connectivity index (χ2n) is 4.24. The fourth-order valence-electron chi connectivity index (χ4n) is 1.55. The van der Waals surface area contributed by atoms with Crippen molar-refractivity contribution in [3.05, 3.63) is 29.6 Å². The van der Waals surface area contributed by atoms with Crippen LogP contribution in [0.25, 0.3) is 0 Å². The second-order valence-corrected chi connectivity index (χ2v) is 4.24. The van der Waals surface area contributed by atoms with Crippen LogP contribution in [0.15, 0.2) is 18.2 Å². The first-order valence-corrected chi connectivity index (χ1v) is 6.44. The molecule has 1 rings (SSSR count). The van der Waals surface area contributed by atoms with Crippen molar-refractivity contribution in [1.29, 1.82) is 0 Å². The van der Waals surface area contributed by atoms with Crippen LogP contribution in [0, 0.1) is 5.82 Å². The van der Waals surface area contributed by atoms with Crippen molar-refractivity contribution in [3.63, 3.8) is 0 Å². The zero-order valence-electron chi connectivity index (χ0n) is 11.5. The number of hydrogen-bond donors (Lipinski definition) is 2. The molecule has 0 saturated heterocycles. The zero-order valence-corrected chi connectivity index (χ0v) is 11.5. The van der Waals surface area contributed by atoms with Gasteiger partial charge in [0.2, 0.25) is 0 Å². The van der Waals surface area contributed by atoms with E-state index < -0.39 is 12.9 Å². The van der Waals surface area contributed by atoms with Crippen molar-refractivity contribution in [3.8, 4) is 0 Å². The molecule has 0 amide bonds. The molecule has 5 nitrogen and oxygen atoms in total. The van der Waals surface area contributed by atoms with Gasteiger partial charge >= 0.3 is 7.12 Å². The number of methoxy groups -OCH3 is 1. The van der Waals surface area contributed by atoms with Crippen molar-refractivity contribution >= 4 is 12.6 Å². The molecule has 0 heterocycles. The molecule has 20 heavy (non-hydrogen) atoms. The SMILES string of the molecule is COCCCOCCOCc1ccc(B(O)O)cc1F. The number of ether oxygens (including phenoxy) is 3. The maximum absolute atomic E-state index is 13.6. The van der Waals surface area contributed by atoms with Crippen molar-refractivity contribution in [2.75, 3.05) is 33.5 Å². The Hall–Kier alpha value is -0.985. The van der Waals surface area contributed by atoms with Crippen LogP contribution in [0.2, 0.25) is 0 Å². The van der Waals surface area contributed by atoms with Crippen LogP contribution in [0.1, 0.15) is 12.0 Å². The summed E-state index contributed by atoms with van der Waals surface area (Å²) in [4.78, 5) is 0. The van der Waals surface area contributed by atoms with Gasteiger partial charge in [-0.3, -0.25) is 0 Å². The van der Waals surface area contributed by atoms with E-state index >= 15 is 0 Å². The molecule has 0 aromatic heterocycles. The van der Waals surface area contributed by atoms with Gasteiger partial charge in [0.15, 0.2) is 0 Å². The lowest BCUT2D eigenvalue weighted by molar-refractivity contribution is 0.0329. The molecule has 0 aliphatic carbocycles. The molecule has 0 radical (unpaired) electrons. The summed E-state index contributed by atoms with van der Waals surface area (Å²) in [6, 6.07) is 4.02. The smallest absolute Gasteiger partial charge is 0.423 e. The average molecular weight is 286 g/mol. The van der Waals surface area contributed by atoms with E-state index in [0.717, 1.165) is 12.5 Å². The molecule has 0 fully saturated rings. The third kappa shape index (κ3) is 6.45. The minimum absolute atomic E-state index is 0.118. The number of halogens is 1. The van der Waals surface area contributed by atoms with E-state index in [1.54, 1.807) is 7.11 Å². The lowest BCUT2D eigenvalue weighted by Crippen LogP contribution is -2.30. The first-order chi connectivity index (χ1) is 9.65. The van der Waals surface area contributed by atoms with E-state index in [9.17, 15) is 4.39 Å². The molecule has 2 N–H and O–H groups in total. The third-order valence-electron chi connectivity index (χ3n) is 2.64. The Balaban J connectivity index is 2.19. The van der Waals surface area contributed by atoms with Crippen molar-refractivity contribution in [2.24, 2.45) is 0 Å². The standard InChI is InChI=1S/C13H20BFO5/c1-18-5-2-6-19-7-8-20-10-11-3-4-12(14(16)17)9-13(11)15/h3-4,9,16-17H,2,5-8,10H2,1H3. The van der Waals surface area contributed by atoms with Gasteiger partial charge in [-0.25, -0.2) is 4.39 Å². The summed E-state index contributed by atoms with van der Waals surface area (Å²) in [6.07, 6.45) is 0.829. The zero-order chi connectivity index (χ0) is 14.8. The first kappa shape index (κ1) is 17.1. The van der Waals surface area contributed by atoms with E-state index in [1.807, 2.05) is 0 Å². The van der Waals surface area contributed by atoms with Crippen LogP contribution >= 0.6 is 0 Å².